The fourth-order valence-corrected chi connectivity index (χ4v) is 3.20. The predicted molar refractivity (Wildman–Crippen MR) is 117 cm³/mol. The maximum atomic E-state index is 14.0. The van der Waals surface area contributed by atoms with E-state index in [1.807, 2.05) is 32.0 Å². The third-order valence-electron chi connectivity index (χ3n) is 4.68. The summed E-state index contributed by atoms with van der Waals surface area (Å²) in [7, 11) is 0. The summed E-state index contributed by atoms with van der Waals surface area (Å²) in [6.07, 6.45) is 4.52. The lowest BCUT2D eigenvalue weighted by Crippen LogP contribution is -2.20. The van der Waals surface area contributed by atoms with Crippen molar-refractivity contribution in [1.29, 1.82) is 0 Å². The average Bonchev–Trinajstić information content (AvgIpc) is 3.03. The molecule has 3 rings (SSSR count). The Labute approximate surface area is 177 Å². The lowest BCUT2D eigenvalue weighted by Gasteiger charge is -2.16. The number of aromatic amines is 1. The largest absolute Gasteiger partial charge is 0.359 e. The molecule has 8 heteroatoms. The first-order valence-electron chi connectivity index (χ1n) is 9.66. The molecule has 162 valence electrons. The maximum Gasteiger partial charge on any atom is 0.310 e. The molecule has 0 saturated carbocycles. The van der Waals surface area contributed by atoms with Gasteiger partial charge in [0, 0.05) is 34.6 Å². The Morgan fingerprint density at radius 2 is 1.97 bits per heavy atom. The third kappa shape index (κ3) is 5.33. The van der Waals surface area contributed by atoms with Gasteiger partial charge in [-0.15, -0.1) is 0 Å². The second kappa shape index (κ2) is 9.07. The smallest absolute Gasteiger partial charge is 0.310 e. The van der Waals surface area contributed by atoms with E-state index in [2.05, 4.69) is 15.3 Å². The second-order valence-electron chi connectivity index (χ2n) is 7.30. The summed E-state index contributed by atoms with van der Waals surface area (Å²) in [6, 6.07) is 5.84. The van der Waals surface area contributed by atoms with Gasteiger partial charge >= 0.3 is 5.56 Å². The van der Waals surface area contributed by atoms with Gasteiger partial charge in [0.1, 0.15) is 5.83 Å². The molecule has 0 fully saturated rings. The zero-order valence-corrected chi connectivity index (χ0v) is 17.7. The highest BCUT2D eigenvalue weighted by molar-refractivity contribution is 5.86. The zero-order valence-electron chi connectivity index (χ0n) is 17.7. The van der Waals surface area contributed by atoms with E-state index in [-0.39, 0.29) is 12.5 Å². The number of hydrogen-bond acceptors (Lipinski definition) is 3. The Bertz CT molecular complexity index is 1280. The molecule has 0 radical (unpaired) electrons. The van der Waals surface area contributed by atoms with Gasteiger partial charge in [-0.1, -0.05) is 6.08 Å². The third-order valence-corrected chi connectivity index (χ3v) is 4.68. The topological polar surface area (TPSA) is 62.7 Å². The van der Waals surface area contributed by atoms with Gasteiger partial charge in [-0.3, -0.25) is 4.79 Å². The fraction of sp³-hybridized carbons (Fsp3) is 0.217. The summed E-state index contributed by atoms with van der Waals surface area (Å²) in [5, 5.41) is 4.05. The Balaban J connectivity index is 2.00. The highest BCUT2D eigenvalue weighted by atomic mass is 19.1. The summed E-state index contributed by atoms with van der Waals surface area (Å²) in [5.41, 5.74) is 3.00. The quantitative estimate of drug-likeness (QED) is 0.481. The number of nitrogens with zero attached hydrogens (tertiary/aromatic N) is 2. The first-order valence-corrected chi connectivity index (χ1v) is 9.66. The molecule has 2 heterocycles. The van der Waals surface area contributed by atoms with Crippen molar-refractivity contribution in [3.05, 3.63) is 87.3 Å². The minimum Gasteiger partial charge on any atom is -0.359 e. The van der Waals surface area contributed by atoms with Gasteiger partial charge in [0.05, 0.1) is 12.4 Å². The van der Waals surface area contributed by atoms with E-state index in [0.717, 1.165) is 47.4 Å². The van der Waals surface area contributed by atoms with Crippen molar-refractivity contribution in [2.24, 2.45) is 0 Å². The summed E-state index contributed by atoms with van der Waals surface area (Å²) < 4.78 is 42.2. The fourth-order valence-electron chi connectivity index (χ4n) is 3.20. The molecule has 0 spiro atoms. The number of nitrogens with one attached hydrogen (secondary N) is 2. The molecule has 1 aromatic carbocycles. The molecular formula is C23H23F3N4O. The number of benzene rings is 1. The van der Waals surface area contributed by atoms with Gasteiger partial charge in [0.25, 0.3) is 0 Å². The van der Waals surface area contributed by atoms with Crippen molar-refractivity contribution in [1.82, 2.24) is 14.5 Å². The van der Waals surface area contributed by atoms with Crippen LogP contribution in [-0.2, 0) is 6.54 Å². The van der Waals surface area contributed by atoms with Crippen molar-refractivity contribution in [2.75, 3.05) is 5.32 Å². The lowest BCUT2D eigenvalue weighted by molar-refractivity contribution is 0.578. The van der Waals surface area contributed by atoms with E-state index < -0.39 is 23.0 Å². The maximum absolute atomic E-state index is 14.0. The molecule has 0 bridgehead atoms. The van der Waals surface area contributed by atoms with E-state index in [1.54, 1.807) is 13.0 Å². The molecule has 0 aliphatic rings. The number of halogens is 3. The van der Waals surface area contributed by atoms with E-state index in [9.17, 15) is 18.0 Å². The molecule has 0 amide bonds. The Morgan fingerprint density at radius 1 is 1.23 bits per heavy atom. The van der Waals surface area contributed by atoms with Gasteiger partial charge in [0.2, 0.25) is 11.8 Å². The van der Waals surface area contributed by atoms with Crippen LogP contribution in [0.25, 0.3) is 10.9 Å². The SMILES string of the molecule is C\C=C(/C=C(F)\C=C(/C)F)Cn1cc(F)c(=O)nc1Nc1cc2cc(C)[nH]c2cc1C. The van der Waals surface area contributed by atoms with Crippen molar-refractivity contribution in [3.63, 3.8) is 0 Å². The molecule has 3 aromatic rings. The first-order chi connectivity index (χ1) is 14.7. The molecule has 31 heavy (non-hydrogen) atoms. The average molecular weight is 428 g/mol. The molecule has 2 aromatic heterocycles. The van der Waals surface area contributed by atoms with Crippen LogP contribution >= 0.6 is 0 Å². The van der Waals surface area contributed by atoms with Crippen molar-refractivity contribution in [3.8, 4) is 0 Å². The normalized spacial score (nSPS) is 13.2. The Morgan fingerprint density at radius 3 is 2.65 bits per heavy atom. The summed E-state index contributed by atoms with van der Waals surface area (Å²) in [6.45, 7) is 6.67. The van der Waals surface area contributed by atoms with Gasteiger partial charge in [-0.2, -0.15) is 9.37 Å². The Hall–Kier alpha value is -3.55. The van der Waals surface area contributed by atoms with Crippen LogP contribution in [0.5, 0.6) is 0 Å². The lowest BCUT2D eigenvalue weighted by atomic mass is 10.1. The van der Waals surface area contributed by atoms with Crippen LogP contribution in [0, 0.1) is 19.7 Å². The van der Waals surface area contributed by atoms with Crippen LogP contribution in [-0.4, -0.2) is 14.5 Å². The number of rotatable bonds is 6. The van der Waals surface area contributed by atoms with Crippen LogP contribution in [0.1, 0.15) is 25.1 Å². The molecule has 0 aliphatic carbocycles. The van der Waals surface area contributed by atoms with Crippen LogP contribution in [0.4, 0.5) is 24.8 Å². The molecule has 0 atom stereocenters. The first kappa shape index (κ1) is 22.1. The summed E-state index contributed by atoms with van der Waals surface area (Å²) >= 11 is 0. The van der Waals surface area contributed by atoms with Crippen LogP contribution < -0.4 is 10.9 Å². The number of aryl methyl sites for hydroxylation is 2. The van der Waals surface area contributed by atoms with Gasteiger partial charge in [0.15, 0.2) is 0 Å². The number of H-pyrrole nitrogens is 1. The zero-order chi connectivity index (χ0) is 22.7. The highest BCUT2D eigenvalue weighted by Crippen LogP contribution is 2.26. The Kier molecular flexibility index (Phi) is 6.48. The summed E-state index contributed by atoms with van der Waals surface area (Å²) in [5.74, 6) is -2.38. The van der Waals surface area contributed by atoms with Crippen LogP contribution in [0.3, 0.4) is 0 Å². The number of aromatic nitrogens is 3. The standard InChI is InChI=1S/C23H23F3N4O/c1-5-16(9-18(25)7-14(3)24)11-30-12-19(26)22(31)29-23(30)28-20-10-17-8-15(4)27-21(17)6-13(20)2/h5-10,12,27H,11H2,1-4H3,(H,28,29,31)/b14-7+,16-5+,18-9+. The molecule has 5 nitrogen and oxygen atoms in total. The van der Waals surface area contributed by atoms with Gasteiger partial charge in [-0.05, 0) is 63.1 Å². The molecule has 0 unspecified atom stereocenters. The monoisotopic (exact) mass is 428 g/mol. The second-order valence-corrected chi connectivity index (χ2v) is 7.30. The van der Waals surface area contributed by atoms with E-state index in [0.29, 0.717) is 11.3 Å². The number of hydrogen-bond donors (Lipinski definition) is 2. The van der Waals surface area contributed by atoms with Gasteiger partial charge in [-0.25, -0.2) is 8.78 Å². The minimum atomic E-state index is -1.03. The number of allylic oxidation sites excluding steroid dienone is 6. The van der Waals surface area contributed by atoms with Crippen LogP contribution in [0.15, 0.2) is 64.6 Å². The molecule has 0 aliphatic heterocycles. The van der Waals surface area contributed by atoms with Crippen molar-refractivity contribution >= 4 is 22.5 Å². The van der Waals surface area contributed by atoms with Gasteiger partial charge < -0.3 is 14.9 Å². The van der Waals surface area contributed by atoms with Crippen LogP contribution in [0.2, 0.25) is 0 Å². The van der Waals surface area contributed by atoms with E-state index in [1.165, 1.54) is 4.57 Å². The summed E-state index contributed by atoms with van der Waals surface area (Å²) in [4.78, 5) is 18.9. The van der Waals surface area contributed by atoms with Crippen molar-refractivity contribution < 1.29 is 13.2 Å². The van der Waals surface area contributed by atoms with E-state index >= 15 is 0 Å². The van der Waals surface area contributed by atoms with Crippen molar-refractivity contribution in [2.45, 2.75) is 34.2 Å². The number of fused-ring (bicyclic) bond motifs is 1. The highest BCUT2D eigenvalue weighted by Gasteiger charge is 2.12. The minimum absolute atomic E-state index is 0.0141. The molecule has 2 N–H and O–H groups in total. The molecular weight excluding hydrogens is 405 g/mol. The number of anilines is 2. The van der Waals surface area contributed by atoms with E-state index in [4.69, 9.17) is 0 Å². The predicted octanol–water partition coefficient (Wildman–Crippen LogP) is 5.90. The molecule has 0 saturated heterocycles.